The maximum absolute atomic E-state index is 12.1. The molecule has 0 aliphatic carbocycles. The summed E-state index contributed by atoms with van der Waals surface area (Å²) in [5.74, 6) is -0.505. The summed E-state index contributed by atoms with van der Waals surface area (Å²) in [6, 6.07) is 3.40. The molecule has 4 nitrogen and oxygen atoms in total. The van der Waals surface area contributed by atoms with Crippen LogP contribution in [0.25, 0.3) is 0 Å². The van der Waals surface area contributed by atoms with Crippen molar-refractivity contribution in [2.24, 2.45) is 0 Å². The molecule has 0 unspecified atom stereocenters. The number of aryl methyl sites for hydroxylation is 1. The number of sulfone groups is 1. The molecule has 0 spiro atoms. The van der Waals surface area contributed by atoms with Gasteiger partial charge in [0, 0.05) is 6.26 Å². The minimum atomic E-state index is -3.38. The summed E-state index contributed by atoms with van der Waals surface area (Å²) in [5, 5.41) is 0. The van der Waals surface area contributed by atoms with Crippen LogP contribution in [0.5, 0.6) is 0 Å². The van der Waals surface area contributed by atoms with E-state index < -0.39 is 15.8 Å². The molecule has 0 amide bonds. The predicted octanol–water partition coefficient (Wildman–Crippen LogP) is 3.31. The van der Waals surface area contributed by atoms with Crippen LogP contribution in [-0.2, 0) is 21.0 Å². The number of ether oxygens (including phenoxy) is 1. The molecular formula is C16H24O4S. The van der Waals surface area contributed by atoms with E-state index in [1.165, 1.54) is 13.4 Å². The van der Waals surface area contributed by atoms with E-state index >= 15 is 0 Å². The highest BCUT2D eigenvalue weighted by atomic mass is 32.2. The highest BCUT2D eigenvalue weighted by molar-refractivity contribution is 7.90. The molecule has 118 valence electrons. The standard InChI is InChI=1S/C16H24O4S/c1-5-6-7-8-9-13-10-11-14(16(17)20-3)12(2)15(13)21(4,18)19/h10-11H,5-9H2,1-4H3. The first kappa shape index (κ1) is 17.7. The van der Waals surface area contributed by atoms with Gasteiger partial charge in [-0.15, -0.1) is 0 Å². The molecule has 0 saturated heterocycles. The van der Waals surface area contributed by atoms with Gasteiger partial charge in [0.2, 0.25) is 0 Å². The maximum Gasteiger partial charge on any atom is 0.338 e. The second-order valence-corrected chi connectivity index (χ2v) is 7.25. The fourth-order valence-electron chi connectivity index (χ4n) is 2.53. The van der Waals surface area contributed by atoms with Gasteiger partial charge in [0.1, 0.15) is 0 Å². The van der Waals surface area contributed by atoms with Crippen molar-refractivity contribution in [3.05, 3.63) is 28.8 Å². The van der Waals surface area contributed by atoms with Crippen LogP contribution in [0.2, 0.25) is 0 Å². The Morgan fingerprint density at radius 2 is 1.86 bits per heavy atom. The van der Waals surface area contributed by atoms with Crippen LogP contribution in [0.4, 0.5) is 0 Å². The van der Waals surface area contributed by atoms with Gasteiger partial charge in [-0.25, -0.2) is 13.2 Å². The molecule has 0 radical (unpaired) electrons. The van der Waals surface area contributed by atoms with Crippen molar-refractivity contribution in [1.29, 1.82) is 0 Å². The number of hydrogen-bond acceptors (Lipinski definition) is 4. The van der Waals surface area contributed by atoms with Crippen LogP contribution in [0, 0.1) is 6.92 Å². The van der Waals surface area contributed by atoms with Crippen LogP contribution in [0.15, 0.2) is 17.0 Å². The Morgan fingerprint density at radius 1 is 1.19 bits per heavy atom. The van der Waals surface area contributed by atoms with Crippen molar-refractivity contribution in [1.82, 2.24) is 0 Å². The van der Waals surface area contributed by atoms with E-state index in [1.807, 2.05) is 0 Å². The van der Waals surface area contributed by atoms with E-state index in [0.717, 1.165) is 31.2 Å². The zero-order valence-corrected chi connectivity index (χ0v) is 14.0. The molecule has 1 rings (SSSR count). The Bertz CT molecular complexity index is 603. The minimum absolute atomic E-state index is 0.280. The molecule has 0 fully saturated rings. The highest BCUT2D eigenvalue weighted by Crippen LogP contribution is 2.26. The van der Waals surface area contributed by atoms with Gasteiger partial charge in [-0.3, -0.25) is 0 Å². The predicted molar refractivity (Wildman–Crippen MR) is 83.5 cm³/mol. The number of hydrogen-bond donors (Lipinski definition) is 0. The van der Waals surface area contributed by atoms with Crippen LogP contribution in [0.3, 0.4) is 0 Å². The summed E-state index contributed by atoms with van der Waals surface area (Å²) in [4.78, 5) is 12.0. The quantitative estimate of drug-likeness (QED) is 0.572. The van der Waals surface area contributed by atoms with E-state index in [0.29, 0.717) is 17.5 Å². The summed E-state index contributed by atoms with van der Waals surface area (Å²) >= 11 is 0. The molecule has 0 saturated carbocycles. The van der Waals surface area contributed by atoms with Crippen molar-refractivity contribution in [3.63, 3.8) is 0 Å². The van der Waals surface area contributed by atoms with Gasteiger partial charge in [0.25, 0.3) is 0 Å². The molecule has 5 heteroatoms. The Labute approximate surface area is 127 Å². The van der Waals surface area contributed by atoms with Gasteiger partial charge in [-0.1, -0.05) is 32.3 Å². The van der Waals surface area contributed by atoms with Crippen LogP contribution >= 0.6 is 0 Å². The minimum Gasteiger partial charge on any atom is -0.465 e. The van der Waals surface area contributed by atoms with Crippen molar-refractivity contribution in [2.75, 3.05) is 13.4 Å². The lowest BCUT2D eigenvalue weighted by Gasteiger charge is -2.14. The number of methoxy groups -OCH3 is 1. The van der Waals surface area contributed by atoms with Crippen molar-refractivity contribution in [3.8, 4) is 0 Å². The SMILES string of the molecule is CCCCCCc1ccc(C(=O)OC)c(C)c1S(C)(=O)=O. The van der Waals surface area contributed by atoms with Crippen molar-refractivity contribution < 1.29 is 17.9 Å². The molecule has 1 aromatic carbocycles. The first-order chi connectivity index (χ1) is 9.82. The fourth-order valence-corrected chi connectivity index (χ4v) is 3.85. The van der Waals surface area contributed by atoms with Gasteiger partial charge in [-0.2, -0.15) is 0 Å². The smallest absolute Gasteiger partial charge is 0.338 e. The third-order valence-corrected chi connectivity index (χ3v) is 4.87. The third kappa shape index (κ3) is 4.56. The molecule has 0 N–H and O–H groups in total. The Balaban J connectivity index is 3.20. The third-order valence-electron chi connectivity index (χ3n) is 3.56. The second-order valence-electron chi connectivity index (χ2n) is 5.30. The normalized spacial score (nSPS) is 11.4. The van der Waals surface area contributed by atoms with Gasteiger partial charge < -0.3 is 4.74 Å². The molecule has 0 bridgehead atoms. The average molecular weight is 312 g/mol. The van der Waals surface area contributed by atoms with Gasteiger partial charge in [-0.05, 0) is 37.0 Å². The van der Waals surface area contributed by atoms with Crippen molar-refractivity contribution in [2.45, 2.75) is 50.8 Å². The molecule has 0 aliphatic rings. The van der Waals surface area contributed by atoms with Gasteiger partial charge >= 0.3 is 5.97 Å². The van der Waals surface area contributed by atoms with Crippen LogP contribution in [0.1, 0.15) is 54.1 Å². The van der Waals surface area contributed by atoms with E-state index in [-0.39, 0.29) is 4.90 Å². The number of carbonyl (C=O) groups excluding carboxylic acids is 1. The van der Waals surface area contributed by atoms with Crippen molar-refractivity contribution >= 4 is 15.8 Å². The number of benzene rings is 1. The lowest BCUT2D eigenvalue weighted by atomic mass is 10.0. The van der Waals surface area contributed by atoms with Crippen LogP contribution in [-0.4, -0.2) is 27.8 Å². The maximum atomic E-state index is 12.1. The van der Waals surface area contributed by atoms with E-state index in [2.05, 4.69) is 6.92 Å². The summed E-state index contributed by atoms with van der Waals surface area (Å²) in [7, 11) is -2.09. The molecule has 0 aliphatic heterocycles. The number of rotatable bonds is 7. The Kier molecular flexibility index (Phi) is 6.40. The van der Waals surface area contributed by atoms with E-state index in [1.54, 1.807) is 19.1 Å². The summed E-state index contributed by atoms with van der Waals surface area (Å²) in [5.41, 5.74) is 1.59. The lowest BCUT2D eigenvalue weighted by Crippen LogP contribution is -2.11. The summed E-state index contributed by atoms with van der Waals surface area (Å²) < 4.78 is 28.9. The molecule has 21 heavy (non-hydrogen) atoms. The topological polar surface area (TPSA) is 60.4 Å². The Morgan fingerprint density at radius 3 is 2.38 bits per heavy atom. The number of carbonyl (C=O) groups is 1. The second kappa shape index (κ2) is 7.59. The first-order valence-corrected chi connectivity index (χ1v) is 9.12. The number of unbranched alkanes of at least 4 members (excludes halogenated alkanes) is 3. The van der Waals surface area contributed by atoms with Gasteiger partial charge in [0.05, 0.1) is 17.6 Å². The largest absolute Gasteiger partial charge is 0.465 e. The highest BCUT2D eigenvalue weighted by Gasteiger charge is 2.21. The van der Waals surface area contributed by atoms with Gasteiger partial charge in [0.15, 0.2) is 9.84 Å². The zero-order valence-electron chi connectivity index (χ0n) is 13.2. The van der Waals surface area contributed by atoms with E-state index in [9.17, 15) is 13.2 Å². The summed E-state index contributed by atoms with van der Waals surface area (Å²) in [6.07, 6.45) is 6.22. The molecule has 0 heterocycles. The fraction of sp³-hybridized carbons (Fsp3) is 0.562. The lowest BCUT2D eigenvalue weighted by molar-refractivity contribution is 0.0599. The molecule has 0 atom stereocenters. The van der Waals surface area contributed by atoms with Crippen LogP contribution < -0.4 is 0 Å². The Hall–Kier alpha value is -1.36. The molecule has 1 aromatic rings. The van der Waals surface area contributed by atoms with E-state index in [4.69, 9.17) is 4.74 Å². The first-order valence-electron chi connectivity index (χ1n) is 7.23. The zero-order chi connectivity index (χ0) is 16.0. The number of esters is 1. The average Bonchev–Trinajstić information content (AvgIpc) is 2.41. The molecule has 0 aromatic heterocycles. The molecular weight excluding hydrogens is 288 g/mol. The summed E-state index contributed by atoms with van der Waals surface area (Å²) in [6.45, 7) is 3.80. The monoisotopic (exact) mass is 312 g/mol.